The Morgan fingerprint density at radius 2 is 2.03 bits per heavy atom. The predicted octanol–water partition coefficient (Wildman–Crippen LogP) is 3.28. The average Bonchev–Trinajstić information content (AvgIpc) is 3.56. The van der Waals surface area contributed by atoms with Crippen molar-refractivity contribution in [3.05, 3.63) is 71.5 Å². The van der Waals surface area contributed by atoms with E-state index in [1.54, 1.807) is 35.8 Å². The molecule has 2 aromatic heterocycles. The summed E-state index contributed by atoms with van der Waals surface area (Å²) in [6, 6.07) is 8.50. The minimum atomic E-state index is -4.03. The molecule has 13 heteroatoms. The number of hydrogen-bond acceptors (Lipinski definition) is 9. The minimum Gasteiger partial charge on any atom is -0.496 e. The Morgan fingerprint density at radius 3 is 2.56 bits per heavy atom. The van der Waals surface area contributed by atoms with E-state index in [0.29, 0.717) is 5.75 Å². The lowest BCUT2D eigenvalue weighted by Gasteiger charge is -2.40. The van der Waals surface area contributed by atoms with Crippen LogP contribution in [0.5, 0.6) is 5.75 Å². The second-order valence-corrected chi connectivity index (χ2v) is 12.4. The Labute approximate surface area is 231 Å². The number of sulfonamides is 1. The van der Waals surface area contributed by atoms with Gasteiger partial charge in [-0.25, -0.2) is 13.4 Å². The van der Waals surface area contributed by atoms with Crippen LogP contribution in [0.1, 0.15) is 43.1 Å². The zero-order valence-corrected chi connectivity index (χ0v) is 23.9. The Balaban J connectivity index is 2.30. The summed E-state index contributed by atoms with van der Waals surface area (Å²) >= 11 is 1.10. The Morgan fingerprint density at radius 1 is 1.28 bits per heavy atom. The van der Waals surface area contributed by atoms with E-state index in [2.05, 4.69) is 10.1 Å². The molecule has 3 aromatic rings. The summed E-state index contributed by atoms with van der Waals surface area (Å²) in [5, 5.41) is 15.1. The molecule has 1 aromatic carbocycles. The molecule has 0 fully saturated rings. The van der Waals surface area contributed by atoms with E-state index in [4.69, 9.17) is 10.00 Å². The molecule has 1 unspecified atom stereocenters. The van der Waals surface area contributed by atoms with Gasteiger partial charge in [-0.15, -0.1) is 11.3 Å². The average molecular weight is 571 g/mol. The first-order chi connectivity index (χ1) is 18.3. The molecule has 0 aliphatic carbocycles. The number of allylic oxidation sites excluding steroid dienone is 1. The number of carbonyl (C=O) groups excluding carboxylic acids is 2. The molecule has 2 amide bonds. The highest BCUT2D eigenvalue weighted by Gasteiger charge is 2.49. The molecule has 0 aliphatic heterocycles. The minimum absolute atomic E-state index is 0.153. The van der Waals surface area contributed by atoms with Gasteiger partial charge in [0.15, 0.2) is 10.7 Å². The summed E-state index contributed by atoms with van der Waals surface area (Å²) in [5.41, 5.74) is -1.11. The number of amides is 2. The van der Waals surface area contributed by atoms with E-state index >= 15 is 0 Å². The fraction of sp³-hybridized carbons (Fsp3) is 0.346. The van der Waals surface area contributed by atoms with Crippen molar-refractivity contribution in [1.29, 1.82) is 5.26 Å². The molecule has 0 saturated heterocycles. The maximum Gasteiger partial charge on any atom is 0.262 e. The van der Waals surface area contributed by atoms with E-state index < -0.39 is 27.4 Å². The lowest BCUT2D eigenvalue weighted by molar-refractivity contribution is -0.125. The van der Waals surface area contributed by atoms with E-state index in [1.807, 2.05) is 31.6 Å². The number of methoxy groups -OCH3 is 1. The second kappa shape index (κ2) is 11.8. The van der Waals surface area contributed by atoms with Crippen molar-refractivity contribution >= 4 is 38.3 Å². The summed E-state index contributed by atoms with van der Waals surface area (Å²) in [5.74, 6) is -1.12. The van der Waals surface area contributed by atoms with Crippen LogP contribution < -0.4 is 14.4 Å². The normalized spacial score (nSPS) is 13.4. The third kappa shape index (κ3) is 6.90. The maximum absolute atomic E-state index is 14.3. The molecular weight excluding hydrogens is 540 g/mol. The number of carbonyl (C=O) groups is 2. The van der Waals surface area contributed by atoms with E-state index in [-0.39, 0.29) is 29.1 Å². The van der Waals surface area contributed by atoms with Crippen LogP contribution in [0.4, 0.5) is 5.13 Å². The second-order valence-electron chi connectivity index (χ2n) is 9.79. The van der Waals surface area contributed by atoms with Crippen LogP contribution in [0.15, 0.2) is 60.4 Å². The first-order valence-corrected chi connectivity index (χ1v) is 14.6. The molecule has 0 bridgehead atoms. The molecule has 39 heavy (non-hydrogen) atoms. The first-order valence-electron chi connectivity index (χ1n) is 11.8. The number of anilines is 1. The third-order valence-corrected chi connectivity index (χ3v) is 7.14. The third-order valence-electron chi connectivity index (χ3n) is 5.83. The van der Waals surface area contributed by atoms with Crippen LogP contribution in [0.25, 0.3) is 0 Å². The van der Waals surface area contributed by atoms with Crippen LogP contribution in [0, 0.1) is 11.3 Å². The van der Waals surface area contributed by atoms with Gasteiger partial charge in [0.2, 0.25) is 10.0 Å². The van der Waals surface area contributed by atoms with E-state index in [9.17, 15) is 18.0 Å². The van der Waals surface area contributed by atoms with Crippen molar-refractivity contribution in [2.45, 2.75) is 44.7 Å². The van der Waals surface area contributed by atoms with Crippen LogP contribution in [0.2, 0.25) is 0 Å². The van der Waals surface area contributed by atoms with Crippen molar-refractivity contribution in [2.75, 3.05) is 18.3 Å². The van der Waals surface area contributed by atoms with Gasteiger partial charge < -0.3 is 4.74 Å². The molecule has 11 nitrogen and oxygen atoms in total. The smallest absolute Gasteiger partial charge is 0.262 e. The summed E-state index contributed by atoms with van der Waals surface area (Å²) in [7, 11) is -2.53. The monoisotopic (exact) mass is 570 g/mol. The largest absolute Gasteiger partial charge is 0.496 e. The van der Waals surface area contributed by atoms with Crippen molar-refractivity contribution < 1.29 is 22.7 Å². The van der Waals surface area contributed by atoms with Gasteiger partial charge >= 0.3 is 0 Å². The number of aromatic nitrogens is 3. The van der Waals surface area contributed by atoms with Gasteiger partial charge in [-0.1, -0.05) is 32.9 Å². The molecule has 0 radical (unpaired) electrons. The molecular formula is C26H30N6O5S2. The molecule has 206 valence electrons. The predicted molar refractivity (Wildman–Crippen MR) is 148 cm³/mol. The van der Waals surface area contributed by atoms with Crippen LogP contribution in [-0.4, -0.2) is 53.9 Å². The first kappa shape index (κ1) is 29.5. The number of nitrogens with one attached hydrogen (secondary N) is 1. The number of hydrogen-bond donors (Lipinski definition) is 1. The summed E-state index contributed by atoms with van der Waals surface area (Å²) in [6.07, 6.45) is 7.75. The zero-order chi connectivity index (χ0) is 28.8. The topological polar surface area (TPSA) is 147 Å². The number of thiazole rings is 1. The number of nitriles is 1. The number of benzene rings is 1. The molecule has 3 rings (SSSR count). The molecule has 0 spiro atoms. The lowest BCUT2D eigenvalue weighted by Crippen LogP contribution is -2.64. The van der Waals surface area contributed by atoms with Crippen LogP contribution in [-0.2, 0) is 26.8 Å². The standard InChI is InChI=1S/C26H30N6O5S2/c1-25(2,3)20-10-9-19(17-21(20)37-4)22(33)32(24-28-14-16-38-24)26(11-6-7-12-27,18-31-15-8-13-29-31)23(34)30-39(5,35)36/h6-10,13-17H,11,18H2,1-5H3,(H,30,34)/b7-6+. The van der Waals surface area contributed by atoms with Crippen LogP contribution >= 0.6 is 11.3 Å². The molecule has 0 aliphatic rings. The zero-order valence-electron chi connectivity index (χ0n) is 22.3. The molecule has 1 N–H and O–H groups in total. The number of ether oxygens (including phenoxy) is 1. The van der Waals surface area contributed by atoms with Gasteiger partial charge in [0.1, 0.15) is 5.75 Å². The van der Waals surface area contributed by atoms with Gasteiger partial charge in [-0.3, -0.25) is 23.9 Å². The van der Waals surface area contributed by atoms with E-state index in [1.165, 1.54) is 35.2 Å². The highest BCUT2D eigenvalue weighted by molar-refractivity contribution is 7.89. The maximum atomic E-state index is 14.3. The van der Waals surface area contributed by atoms with Gasteiger partial charge in [0.25, 0.3) is 11.8 Å². The molecule has 2 heterocycles. The number of rotatable bonds is 10. The van der Waals surface area contributed by atoms with E-state index in [0.717, 1.165) is 29.2 Å². The van der Waals surface area contributed by atoms with Gasteiger partial charge in [0.05, 0.1) is 26.0 Å². The lowest BCUT2D eigenvalue weighted by atomic mass is 9.85. The van der Waals surface area contributed by atoms with Crippen molar-refractivity contribution in [2.24, 2.45) is 0 Å². The van der Waals surface area contributed by atoms with Crippen molar-refractivity contribution in [1.82, 2.24) is 19.5 Å². The Hall–Kier alpha value is -4.02. The molecule has 1 atom stereocenters. The highest BCUT2D eigenvalue weighted by atomic mass is 32.2. The van der Waals surface area contributed by atoms with Crippen LogP contribution in [0.3, 0.4) is 0 Å². The summed E-state index contributed by atoms with van der Waals surface area (Å²) in [4.78, 5) is 33.7. The quantitative estimate of drug-likeness (QED) is 0.365. The molecule has 0 saturated carbocycles. The fourth-order valence-corrected chi connectivity index (χ4v) is 5.34. The fourth-order valence-electron chi connectivity index (χ4n) is 4.09. The Bertz CT molecular complexity index is 1490. The SMILES string of the molecule is COc1cc(C(=O)N(c2nccs2)C(C/C=C/C#N)(Cn2cccn2)C(=O)NS(C)(=O)=O)ccc1C(C)(C)C. The Kier molecular flexibility index (Phi) is 8.93. The summed E-state index contributed by atoms with van der Waals surface area (Å²) < 4.78 is 33.5. The summed E-state index contributed by atoms with van der Waals surface area (Å²) in [6.45, 7) is 5.81. The van der Waals surface area contributed by atoms with Gasteiger partial charge in [-0.2, -0.15) is 10.4 Å². The highest BCUT2D eigenvalue weighted by Crippen LogP contribution is 2.36. The van der Waals surface area contributed by atoms with Gasteiger partial charge in [0, 0.05) is 42.0 Å². The van der Waals surface area contributed by atoms with Gasteiger partial charge in [-0.05, 0) is 29.2 Å². The van der Waals surface area contributed by atoms with Crippen molar-refractivity contribution in [3.8, 4) is 11.8 Å². The van der Waals surface area contributed by atoms with Crippen molar-refractivity contribution in [3.63, 3.8) is 0 Å². The number of nitrogens with zero attached hydrogens (tertiary/aromatic N) is 5.